The molecule has 7 rings (SSSR count). The molecule has 386 valence electrons. The highest BCUT2D eigenvalue weighted by Gasteiger charge is 2.25. The van der Waals surface area contributed by atoms with Gasteiger partial charge < -0.3 is 60.7 Å². The molecule has 19 nitrogen and oxygen atoms in total. The summed E-state index contributed by atoms with van der Waals surface area (Å²) in [4.78, 5) is 88.3. The van der Waals surface area contributed by atoms with Gasteiger partial charge in [0.05, 0.1) is 74.2 Å². The first-order valence-electron chi connectivity index (χ1n) is 23.0. The number of amides is 5. The Kier molecular flexibility index (Phi) is 18.3. The van der Waals surface area contributed by atoms with Crippen LogP contribution in [0.15, 0.2) is 134 Å². The van der Waals surface area contributed by atoms with Crippen LogP contribution < -0.4 is 40.8 Å². The number of aromatic nitrogens is 2. The number of nitrogens with one attached hydrogen (secondary N) is 6. The zero-order valence-corrected chi connectivity index (χ0v) is 40.0. The Morgan fingerprint density at radius 2 is 1.01 bits per heavy atom. The number of carbonyl (C=O) groups is 6. The molecule has 0 aliphatic rings. The Hall–Kier alpha value is -9.47. The second-order valence-electron chi connectivity index (χ2n) is 16.3. The van der Waals surface area contributed by atoms with E-state index in [-0.39, 0.29) is 95.0 Å². The first-order valence-corrected chi connectivity index (χ1v) is 23.0. The Morgan fingerprint density at radius 1 is 0.533 bits per heavy atom. The van der Waals surface area contributed by atoms with Gasteiger partial charge >= 0.3 is 5.97 Å². The number of carbonyl (C=O) groups excluding carboxylic acids is 6. The largest absolute Gasteiger partial charge is 0.487 e. The number of ether oxygens (including phenoxy) is 4. The molecule has 6 aromatic carbocycles. The number of aliphatic hydroxyl groups is 2. The molecule has 0 aliphatic carbocycles. The van der Waals surface area contributed by atoms with Crippen LogP contribution in [0.5, 0.6) is 17.2 Å². The fourth-order valence-electron chi connectivity index (χ4n) is 7.13. The third-order valence-electron chi connectivity index (χ3n) is 10.9. The van der Waals surface area contributed by atoms with Crippen molar-refractivity contribution in [1.29, 1.82) is 0 Å². The second kappa shape index (κ2) is 25.8. The van der Waals surface area contributed by atoms with Gasteiger partial charge in [-0.2, -0.15) is 0 Å². The number of aromatic amines is 1. The van der Waals surface area contributed by atoms with E-state index in [0.29, 0.717) is 16.8 Å². The van der Waals surface area contributed by atoms with Gasteiger partial charge in [0.15, 0.2) is 0 Å². The summed E-state index contributed by atoms with van der Waals surface area (Å²) in [6.45, 7) is -1.57. The number of H-pyrrole nitrogens is 1. The molecule has 0 atom stereocenters. The van der Waals surface area contributed by atoms with Crippen LogP contribution in [0.3, 0.4) is 0 Å². The summed E-state index contributed by atoms with van der Waals surface area (Å²) in [5.41, 5.74) is 1.36. The van der Waals surface area contributed by atoms with E-state index in [2.05, 4.69) is 36.6 Å². The van der Waals surface area contributed by atoms with E-state index in [1.165, 1.54) is 97.3 Å². The Balaban J connectivity index is 1.29. The minimum absolute atomic E-state index is 0.00152. The average molecular weight is 1030 g/mol. The van der Waals surface area contributed by atoms with Crippen molar-refractivity contribution < 1.29 is 66.7 Å². The fraction of sp³-hybridized carbons (Fsp3) is 0.167. The second-order valence-corrected chi connectivity index (χ2v) is 16.3. The lowest BCUT2D eigenvalue weighted by Crippen LogP contribution is -2.21. The maximum absolute atomic E-state index is 14.7. The number of hydrogen-bond acceptors (Lipinski definition) is 13. The van der Waals surface area contributed by atoms with E-state index in [1.54, 1.807) is 6.20 Å². The minimum Gasteiger partial charge on any atom is -0.487 e. The number of hydrogen-bond donors (Lipinski definition) is 8. The smallest absolute Gasteiger partial charge is 0.338 e. The van der Waals surface area contributed by atoms with Crippen molar-refractivity contribution >= 4 is 63.9 Å². The topological polar surface area (TPSA) is 269 Å². The van der Waals surface area contributed by atoms with Gasteiger partial charge in [0, 0.05) is 17.3 Å². The molecule has 0 unspecified atom stereocenters. The number of imidazole rings is 1. The molecule has 0 bridgehead atoms. The van der Waals surface area contributed by atoms with Crippen LogP contribution in [0, 0.1) is 11.6 Å². The SMILES string of the molecule is COC(=O)c1cc(NC(=O)CCO)c(NC(=O)c2cc(NC(=O)CCO)c(NC(=O)c3ccc(NC(=O)Cc4c[nH]cn4)c(OCc4ccccc4)c3)c(OCc3ccc(F)cc3)c2)c(OCc2ccc(F)cc2)c1. The van der Waals surface area contributed by atoms with Crippen molar-refractivity contribution in [3.8, 4) is 17.2 Å². The summed E-state index contributed by atoms with van der Waals surface area (Å²) in [5.74, 6) is -5.74. The zero-order chi connectivity index (χ0) is 53.3. The first kappa shape index (κ1) is 53.3. The molecule has 0 radical (unpaired) electrons. The van der Waals surface area contributed by atoms with E-state index in [0.717, 1.165) is 12.7 Å². The van der Waals surface area contributed by atoms with E-state index in [4.69, 9.17) is 18.9 Å². The van der Waals surface area contributed by atoms with E-state index < -0.39 is 66.8 Å². The summed E-state index contributed by atoms with van der Waals surface area (Å²) in [5, 5.41) is 32.7. The Morgan fingerprint density at radius 3 is 1.53 bits per heavy atom. The van der Waals surface area contributed by atoms with E-state index in [1.807, 2.05) is 30.3 Å². The maximum atomic E-state index is 14.7. The van der Waals surface area contributed by atoms with Crippen molar-refractivity contribution in [2.75, 3.05) is 46.9 Å². The van der Waals surface area contributed by atoms with Gasteiger partial charge in [0.25, 0.3) is 11.8 Å². The van der Waals surface area contributed by atoms with Crippen LogP contribution in [0.2, 0.25) is 0 Å². The van der Waals surface area contributed by atoms with Gasteiger partial charge in [-0.1, -0.05) is 54.6 Å². The van der Waals surface area contributed by atoms with E-state index in [9.17, 15) is 47.8 Å². The number of halogens is 2. The molecular weight excluding hydrogens is 977 g/mol. The van der Waals surface area contributed by atoms with Crippen molar-refractivity contribution in [3.63, 3.8) is 0 Å². The van der Waals surface area contributed by atoms with Gasteiger partial charge in [0.2, 0.25) is 17.7 Å². The van der Waals surface area contributed by atoms with Crippen LogP contribution in [0.25, 0.3) is 0 Å². The van der Waals surface area contributed by atoms with Gasteiger partial charge in [-0.15, -0.1) is 0 Å². The number of methoxy groups -OCH3 is 1. The van der Waals surface area contributed by atoms with Crippen LogP contribution in [-0.2, 0) is 45.4 Å². The van der Waals surface area contributed by atoms with Crippen LogP contribution in [0.1, 0.15) is 66.3 Å². The Labute approximate surface area is 427 Å². The number of esters is 1. The third kappa shape index (κ3) is 15.0. The highest BCUT2D eigenvalue weighted by molar-refractivity contribution is 6.13. The molecule has 5 amide bonds. The predicted octanol–water partition coefficient (Wildman–Crippen LogP) is 7.54. The Bertz CT molecular complexity index is 3160. The van der Waals surface area contributed by atoms with Gasteiger partial charge in [-0.05, 0) is 83.4 Å². The summed E-state index contributed by atoms with van der Waals surface area (Å²) in [7, 11) is 1.13. The summed E-state index contributed by atoms with van der Waals surface area (Å²) >= 11 is 0. The molecule has 0 saturated carbocycles. The molecular formula is C54H49F2N7O12. The highest BCUT2D eigenvalue weighted by atomic mass is 19.1. The molecule has 1 aromatic heterocycles. The molecule has 0 aliphatic heterocycles. The van der Waals surface area contributed by atoms with E-state index >= 15 is 0 Å². The van der Waals surface area contributed by atoms with Gasteiger partial charge in [0.1, 0.15) is 60.1 Å². The summed E-state index contributed by atoms with van der Waals surface area (Å²) < 4.78 is 51.2. The lowest BCUT2D eigenvalue weighted by atomic mass is 10.1. The molecule has 21 heteroatoms. The quantitative estimate of drug-likeness (QED) is 0.0288. The lowest BCUT2D eigenvalue weighted by molar-refractivity contribution is -0.117. The van der Waals surface area contributed by atoms with Crippen molar-refractivity contribution in [3.05, 3.63) is 185 Å². The lowest BCUT2D eigenvalue weighted by Gasteiger charge is -2.21. The van der Waals surface area contributed by atoms with Gasteiger partial charge in [-0.3, -0.25) is 24.0 Å². The molecule has 0 fully saturated rings. The zero-order valence-electron chi connectivity index (χ0n) is 40.0. The van der Waals surface area contributed by atoms with Crippen LogP contribution in [-0.4, -0.2) is 76.0 Å². The maximum Gasteiger partial charge on any atom is 0.338 e. The minimum atomic E-state index is -0.933. The molecule has 8 N–H and O–H groups in total. The average Bonchev–Trinajstić information content (AvgIpc) is 3.92. The molecule has 0 spiro atoms. The van der Waals surface area contributed by atoms with Crippen molar-refractivity contribution in [2.45, 2.75) is 39.1 Å². The third-order valence-corrected chi connectivity index (χ3v) is 10.9. The van der Waals surface area contributed by atoms with Crippen molar-refractivity contribution in [1.82, 2.24) is 9.97 Å². The summed E-state index contributed by atoms with van der Waals surface area (Å²) in [6, 6.07) is 28.9. The van der Waals surface area contributed by atoms with Crippen molar-refractivity contribution in [2.24, 2.45) is 0 Å². The normalized spacial score (nSPS) is 10.7. The number of aliphatic hydroxyl groups excluding tert-OH is 2. The molecule has 0 saturated heterocycles. The van der Waals surface area contributed by atoms with Crippen LogP contribution in [0.4, 0.5) is 37.2 Å². The number of rotatable bonds is 23. The fourth-order valence-corrected chi connectivity index (χ4v) is 7.13. The molecule has 75 heavy (non-hydrogen) atoms. The standard InChI is InChI=1S/C54H49F2N7O12/c1-72-54(71)37-22-43(61-48(67)18-20-65)51(46(25-37)75-30-34-9-14-39(56)15-10-34)63-53(70)36-21-42(60-47(66)17-19-64)50(45(24-36)74-29-33-7-12-38(55)13-8-33)62-52(69)35-11-16-41(59-49(68)26-40-27-57-31-58-40)44(23-35)73-28-32-5-3-2-4-6-32/h2-16,21-25,27,31,64-65H,17-20,26,28-30H2,1H3,(H,57,58)(H,59,68)(H,60,66)(H,61,67)(H,62,69)(H,63,70). The number of benzene rings is 6. The molecule has 7 aromatic rings. The molecule has 1 heterocycles. The van der Waals surface area contributed by atoms with Gasteiger partial charge in [-0.25, -0.2) is 18.6 Å². The highest BCUT2D eigenvalue weighted by Crippen LogP contribution is 2.40. The number of nitrogens with zero attached hydrogens (tertiary/aromatic N) is 1. The number of anilines is 5. The van der Waals surface area contributed by atoms with Crippen LogP contribution >= 0.6 is 0 Å². The summed E-state index contributed by atoms with van der Waals surface area (Å²) in [6.07, 6.45) is 2.15. The first-order chi connectivity index (χ1) is 36.3. The predicted molar refractivity (Wildman–Crippen MR) is 270 cm³/mol. The monoisotopic (exact) mass is 1030 g/mol.